The third-order valence-electron chi connectivity index (χ3n) is 4.13. The topological polar surface area (TPSA) is 71.1 Å². The van der Waals surface area contributed by atoms with Crippen molar-refractivity contribution in [2.24, 2.45) is 0 Å². The Hall–Kier alpha value is -2.70. The second kappa shape index (κ2) is 9.48. The lowest BCUT2D eigenvalue weighted by Crippen LogP contribution is -2.13. The highest BCUT2D eigenvalue weighted by molar-refractivity contribution is 7.14. The van der Waals surface area contributed by atoms with Crippen LogP contribution in [0.2, 0.25) is 5.02 Å². The minimum Gasteiger partial charge on any atom is -0.326 e. The minimum atomic E-state index is -0.245. The second-order valence-corrected chi connectivity index (χ2v) is 7.50. The monoisotopic (exact) mass is 413 g/mol. The van der Waals surface area contributed by atoms with Crippen molar-refractivity contribution in [2.45, 2.75) is 26.2 Å². The maximum Gasteiger partial charge on any atom is 0.257 e. The lowest BCUT2D eigenvalue weighted by Gasteiger charge is -2.05. The van der Waals surface area contributed by atoms with E-state index < -0.39 is 0 Å². The SMILES string of the molecule is CCc1ccc(NC(=O)CCc2csc(NC(=O)c3ccc(Cl)cc3)n2)cc1. The van der Waals surface area contributed by atoms with Gasteiger partial charge in [-0.15, -0.1) is 11.3 Å². The molecule has 0 fully saturated rings. The number of nitrogens with one attached hydrogen (secondary N) is 2. The molecule has 2 aromatic carbocycles. The van der Waals surface area contributed by atoms with Crippen molar-refractivity contribution in [1.82, 2.24) is 4.98 Å². The molecule has 0 saturated carbocycles. The Balaban J connectivity index is 1.49. The van der Waals surface area contributed by atoms with Gasteiger partial charge in [0.1, 0.15) is 0 Å². The molecule has 0 spiro atoms. The van der Waals surface area contributed by atoms with Gasteiger partial charge in [-0.3, -0.25) is 14.9 Å². The van der Waals surface area contributed by atoms with E-state index in [0.29, 0.717) is 28.6 Å². The van der Waals surface area contributed by atoms with Crippen LogP contribution in [0.1, 0.15) is 35.0 Å². The molecule has 0 aliphatic heterocycles. The van der Waals surface area contributed by atoms with Crippen LogP contribution < -0.4 is 10.6 Å². The maximum absolute atomic E-state index is 12.2. The van der Waals surface area contributed by atoms with Crippen LogP contribution in [0.5, 0.6) is 0 Å². The second-order valence-electron chi connectivity index (χ2n) is 6.20. The number of anilines is 2. The van der Waals surface area contributed by atoms with Gasteiger partial charge in [0.25, 0.3) is 5.91 Å². The van der Waals surface area contributed by atoms with Crippen LogP contribution >= 0.6 is 22.9 Å². The fourth-order valence-electron chi connectivity index (χ4n) is 2.54. The largest absolute Gasteiger partial charge is 0.326 e. The molecule has 1 aromatic heterocycles. The molecule has 3 aromatic rings. The molecule has 0 aliphatic carbocycles. The number of hydrogen-bond donors (Lipinski definition) is 2. The Morgan fingerprint density at radius 2 is 1.75 bits per heavy atom. The number of thiazole rings is 1. The normalized spacial score (nSPS) is 10.5. The highest BCUT2D eigenvalue weighted by Gasteiger charge is 2.10. The Labute approximate surface area is 172 Å². The zero-order valence-electron chi connectivity index (χ0n) is 15.4. The average molecular weight is 414 g/mol. The molecule has 2 amide bonds. The summed E-state index contributed by atoms with van der Waals surface area (Å²) in [6.45, 7) is 2.09. The van der Waals surface area contributed by atoms with Gasteiger partial charge in [0.05, 0.1) is 5.69 Å². The molecule has 7 heteroatoms. The van der Waals surface area contributed by atoms with Gasteiger partial charge in [0.2, 0.25) is 5.91 Å². The van der Waals surface area contributed by atoms with E-state index in [-0.39, 0.29) is 11.8 Å². The summed E-state index contributed by atoms with van der Waals surface area (Å²) < 4.78 is 0. The van der Waals surface area contributed by atoms with Crippen molar-refractivity contribution in [3.8, 4) is 0 Å². The van der Waals surface area contributed by atoms with Crippen LogP contribution in [0.3, 0.4) is 0 Å². The number of carbonyl (C=O) groups is 2. The Morgan fingerprint density at radius 3 is 2.43 bits per heavy atom. The molecule has 144 valence electrons. The smallest absolute Gasteiger partial charge is 0.257 e. The summed E-state index contributed by atoms with van der Waals surface area (Å²) in [6, 6.07) is 14.5. The van der Waals surface area contributed by atoms with Crippen molar-refractivity contribution >= 4 is 45.6 Å². The quantitative estimate of drug-likeness (QED) is 0.560. The molecule has 5 nitrogen and oxygen atoms in total. The van der Waals surface area contributed by atoms with Crippen molar-refractivity contribution in [2.75, 3.05) is 10.6 Å². The fourth-order valence-corrected chi connectivity index (χ4v) is 3.40. The van der Waals surface area contributed by atoms with Gasteiger partial charge >= 0.3 is 0 Å². The molecule has 0 unspecified atom stereocenters. The Kier molecular flexibility index (Phi) is 6.79. The van der Waals surface area contributed by atoms with Gasteiger partial charge < -0.3 is 5.32 Å². The number of aryl methyl sites for hydroxylation is 2. The molecule has 0 radical (unpaired) electrons. The standard InChI is InChI=1S/C21H20ClN3O2S/c1-2-14-3-9-17(10-4-14)23-19(26)12-11-18-13-28-21(24-18)25-20(27)15-5-7-16(22)8-6-15/h3-10,13H,2,11-12H2,1H3,(H,23,26)(H,24,25,27). The molecule has 0 aliphatic rings. The summed E-state index contributed by atoms with van der Waals surface area (Å²) in [5, 5.41) is 8.58. The zero-order valence-corrected chi connectivity index (χ0v) is 16.9. The molecule has 1 heterocycles. The van der Waals surface area contributed by atoms with E-state index in [2.05, 4.69) is 22.5 Å². The molecular weight excluding hydrogens is 394 g/mol. The Bertz CT molecular complexity index is 953. The van der Waals surface area contributed by atoms with E-state index in [0.717, 1.165) is 17.8 Å². The van der Waals surface area contributed by atoms with Gasteiger partial charge in [-0.05, 0) is 54.8 Å². The third kappa shape index (κ3) is 5.65. The first-order valence-corrected chi connectivity index (χ1v) is 10.2. The summed E-state index contributed by atoms with van der Waals surface area (Å²) in [7, 11) is 0. The van der Waals surface area contributed by atoms with Gasteiger partial charge in [-0.25, -0.2) is 4.98 Å². The average Bonchev–Trinajstić information content (AvgIpc) is 3.15. The lowest BCUT2D eigenvalue weighted by molar-refractivity contribution is -0.116. The Morgan fingerprint density at radius 1 is 1.04 bits per heavy atom. The number of nitrogens with zero attached hydrogens (tertiary/aromatic N) is 1. The number of benzene rings is 2. The lowest BCUT2D eigenvalue weighted by atomic mass is 10.1. The van der Waals surface area contributed by atoms with Crippen LogP contribution in [0.25, 0.3) is 0 Å². The summed E-state index contributed by atoms with van der Waals surface area (Å²) in [5.74, 6) is -0.310. The summed E-state index contributed by atoms with van der Waals surface area (Å²) in [5.41, 5.74) is 3.30. The number of amides is 2. The predicted octanol–water partition coefficient (Wildman–Crippen LogP) is 5.18. The number of rotatable bonds is 7. The summed E-state index contributed by atoms with van der Waals surface area (Å²) in [4.78, 5) is 28.7. The minimum absolute atomic E-state index is 0.0657. The van der Waals surface area contributed by atoms with Crippen molar-refractivity contribution in [1.29, 1.82) is 0 Å². The number of carbonyl (C=O) groups excluding carboxylic acids is 2. The van der Waals surface area contributed by atoms with Gasteiger partial charge in [-0.1, -0.05) is 30.7 Å². The molecule has 0 bridgehead atoms. The van der Waals surface area contributed by atoms with Crippen molar-refractivity contribution in [3.05, 3.63) is 75.8 Å². The van der Waals surface area contributed by atoms with Crippen molar-refractivity contribution < 1.29 is 9.59 Å². The molecule has 2 N–H and O–H groups in total. The molecule has 3 rings (SSSR count). The first-order chi connectivity index (χ1) is 13.5. The molecular formula is C21H20ClN3O2S. The number of aromatic nitrogens is 1. The van der Waals surface area contributed by atoms with Crippen LogP contribution in [0, 0.1) is 0 Å². The van der Waals surface area contributed by atoms with Gasteiger partial charge in [0, 0.05) is 28.1 Å². The summed E-state index contributed by atoms with van der Waals surface area (Å²) in [6.07, 6.45) is 1.80. The highest BCUT2D eigenvalue weighted by atomic mass is 35.5. The van der Waals surface area contributed by atoms with Crippen LogP contribution in [-0.4, -0.2) is 16.8 Å². The molecule has 28 heavy (non-hydrogen) atoms. The van der Waals surface area contributed by atoms with Gasteiger partial charge in [-0.2, -0.15) is 0 Å². The van der Waals surface area contributed by atoms with Crippen LogP contribution in [0.15, 0.2) is 53.9 Å². The van der Waals surface area contributed by atoms with Crippen LogP contribution in [-0.2, 0) is 17.6 Å². The summed E-state index contributed by atoms with van der Waals surface area (Å²) >= 11 is 7.16. The molecule has 0 saturated heterocycles. The van der Waals surface area contributed by atoms with E-state index in [9.17, 15) is 9.59 Å². The first-order valence-electron chi connectivity index (χ1n) is 8.93. The van der Waals surface area contributed by atoms with E-state index in [4.69, 9.17) is 11.6 Å². The third-order valence-corrected chi connectivity index (χ3v) is 5.19. The van der Waals surface area contributed by atoms with Crippen molar-refractivity contribution in [3.63, 3.8) is 0 Å². The molecule has 0 atom stereocenters. The van der Waals surface area contributed by atoms with Crippen LogP contribution in [0.4, 0.5) is 10.8 Å². The fraction of sp³-hybridized carbons (Fsp3) is 0.190. The van der Waals surface area contributed by atoms with Gasteiger partial charge in [0.15, 0.2) is 5.13 Å². The van der Waals surface area contributed by atoms with E-state index in [1.807, 2.05) is 29.6 Å². The van der Waals surface area contributed by atoms with E-state index >= 15 is 0 Å². The zero-order chi connectivity index (χ0) is 19.9. The highest BCUT2D eigenvalue weighted by Crippen LogP contribution is 2.19. The maximum atomic E-state index is 12.2. The van der Waals surface area contributed by atoms with E-state index in [1.165, 1.54) is 16.9 Å². The number of hydrogen-bond acceptors (Lipinski definition) is 4. The van der Waals surface area contributed by atoms with E-state index in [1.54, 1.807) is 24.3 Å². The predicted molar refractivity (Wildman–Crippen MR) is 114 cm³/mol. The first kappa shape index (κ1) is 20.0. The number of halogens is 1.